The van der Waals surface area contributed by atoms with E-state index in [0.717, 1.165) is 0 Å². The Balaban J connectivity index is 2.04. The maximum atomic E-state index is 11.3. The smallest absolute Gasteiger partial charge is 0.188 e. The minimum Gasteiger partial charge on any atom is -0.388 e. The molecule has 1 heterocycles. The molecule has 0 aliphatic heterocycles. The van der Waals surface area contributed by atoms with Crippen molar-refractivity contribution in [1.29, 1.82) is 5.41 Å². The van der Waals surface area contributed by atoms with E-state index in [-0.39, 0.29) is 11.0 Å². The summed E-state index contributed by atoms with van der Waals surface area (Å²) in [6.07, 6.45) is 2.20. The van der Waals surface area contributed by atoms with Crippen LogP contribution in [0, 0.1) is 5.41 Å². The number of carbonyl (C=O) groups excluding carboxylic acids is 1. The van der Waals surface area contributed by atoms with Crippen molar-refractivity contribution in [3.8, 4) is 0 Å². The maximum absolute atomic E-state index is 11.3. The van der Waals surface area contributed by atoms with Crippen molar-refractivity contribution in [3.05, 3.63) is 5.82 Å². The Labute approximate surface area is 97.1 Å². The highest BCUT2D eigenvalue weighted by Gasteiger charge is 2.05. The Morgan fingerprint density at radius 2 is 2.31 bits per heavy atom. The molecule has 8 heteroatoms. The zero-order valence-corrected chi connectivity index (χ0v) is 9.59. The molecule has 0 spiro atoms. The van der Waals surface area contributed by atoms with Gasteiger partial charge in [-0.1, -0.05) is 17.0 Å². The van der Waals surface area contributed by atoms with Crippen LogP contribution in [0.3, 0.4) is 0 Å². The molecule has 7 nitrogen and oxygen atoms in total. The Bertz CT molecular complexity index is 338. The molecule has 0 bridgehead atoms. The van der Waals surface area contributed by atoms with Crippen LogP contribution in [0.2, 0.25) is 0 Å². The average Bonchev–Trinajstić information content (AvgIpc) is 2.70. The van der Waals surface area contributed by atoms with Crippen LogP contribution in [0.1, 0.15) is 25.1 Å². The molecule has 88 valence electrons. The number of hydrogen-bond acceptors (Lipinski definition) is 6. The fourth-order valence-corrected chi connectivity index (χ4v) is 1.84. The van der Waals surface area contributed by atoms with E-state index < -0.39 is 0 Å². The predicted molar refractivity (Wildman–Crippen MR) is 61.1 cm³/mol. The van der Waals surface area contributed by atoms with Gasteiger partial charge in [-0.05, 0) is 6.42 Å². The lowest BCUT2D eigenvalue weighted by molar-refractivity contribution is -0.111. The fourth-order valence-electron chi connectivity index (χ4n) is 1.04. The van der Waals surface area contributed by atoms with Crippen molar-refractivity contribution in [2.75, 3.05) is 5.75 Å². The summed E-state index contributed by atoms with van der Waals surface area (Å²) in [5.41, 5.74) is 5.18. The second-order valence-corrected chi connectivity index (χ2v) is 4.33. The number of thioether (sulfide) groups is 1. The number of carbonyl (C=O) groups is 1. The number of aryl methyl sites for hydroxylation is 1. The van der Waals surface area contributed by atoms with Crippen molar-refractivity contribution in [2.45, 2.75) is 25.7 Å². The molecule has 1 rings (SSSR count). The Morgan fingerprint density at radius 3 is 2.94 bits per heavy atom. The zero-order chi connectivity index (χ0) is 11.8. The largest absolute Gasteiger partial charge is 0.388 e. The van der Waals surface area contributed by atoms with Gasteiger partial charge in [0.25, 0.3) is 0 Å². The molecule has 0 aliphatic carbocycles. The highest BCUT2D eigenvalue weighted by molar-refractivity contribution is 8.13. The Morgan fingerprint density at radius 1 is 1.50 bits per heavy atom. The predicted octanol–water partition coefficient (Wildman–Crippen LogP) is 0.108. The molecule has 4 N–H and O–H groups in total. The summed E-state index contributed by atoms with van der Waals surface area (Å²) in [5.74, 6) is 1.40. The van der Waals surface area contributed by atoms with Gasteiger partial charge in [-0.3, -0.25) is 10.2 Å². The van der Waals surface area contributed by atoms with E-state index in [0.29, 0.717) is 37.3 Å². The quantitative estimate of drug-likeness (QED) is 0.461. The van der Waals surface area contributed by atoms with Gasteiger partial charge in [-0.15, -0.1) is 10.2 Å². The number of aromatic nitrogens is 4. The molecule has 1 aromatic rings. The van der Waals surface area contributed by atoms with Gasteiger partial charge in [0.1, 0.15) is 0 Å². The maximum Gasteiger partial charge on any atom is 0.188 e. The summed E-state index contributed by atoms with van der Waals surface area (Å²) in [6, 6.07) is 0. The molecule has 0 unspecified atom stereocenters. The van der Waals surface area contributed by atoms with E-state index in [1.807, 2.05) is 0 Å². The van der Waals surface area contributed by atoms with Crippen LogP contribution in [0.4, 0.5) is 0 Å². The Kier molecular flexibility index (Phi) is 5.48. The van der Waals surface area contributed by atoms with Crippen molar-refractivity contribution in [3.63, 3.8) is 0 Å². The molecule has 0 aliphatic rings. The molecule has 1 aromatic heterocycles. The lowest BCUT2D eigenvalue weighted by Gasteiger charge is -1.99. The number of H-pyrrole nitrogens is 1. The van der Waals surface area contributed by atoms with Crippen LogP contribution in [0.25, 0.3) is 0 Å². The van der Waals surface area contributed by atoms with E-state index in [1.54, 1.807) is 0 Å². The normalized spacial score (nSPS) is 10.2. The molecule has 0 radical (unpaired) electrons. The zero-order valence-electron chi connectivity index (χ0n) is 8.77. The topological polar surface area (TPSA) is 121 Å². The van der Waals surface area contributed by atoms with Crippen LogP contribution in [0.5, 0.6) is 0 Å². The first-order chi connectivity index (χ1) is 7.68. The minimum atomic E-state index is 0.116. The molecule has 0 saturated carbocycles. The van der Waals surface area contributed by atoms with Gasteiger partial charge in [0.05, 0.1) is 5.84 Å². The third-order valence-corrected chi connectivity index (χ3v) is 2.74. The van der Waals surface area contributed by atoms with Crippen LogP contribution < -0.4 is 5.73 Å². The van der Waals surface area contributed by atoms with Gasteiger partial charge in [0.15, 0.2) is 10.9 Å². The summed E-state index contributed by atoms with van der Waals surface area (Å²) < 4.78 is 0. The monoisotopic (exact) mass is 242 g/mol. The van der Waals surface area contributed by atoms with E-state index in [9.17, 15) is 4.79 Å². The highest BCUT2D eigenvalue weighted by atomic mass is 32.2. The average molecular weight is 242 g/mol. The molecular weight excluding hydrogens is 228 g/mol. The van der Waals surface area contributed by atoms with Gasteiger partial charge < -0.3 is 5.73 Å². The minimum absolute atomic E-state index is 0.116. The number of hydrogen-bond donors (Lipinski definition) is 3. The number of rotatable bonds is 7. The van der Waals surface area contributed by atoms with Crippen LogP contribution in [-0.4, -0.2) is 37.3 Å². The van der Waals surface area contributed by atoms with Gasteiger partial charge in [-0.2, -0.15) is 5.21 Å². The number of amidine groups is 1. The highest BCUT2D eigenvalue weighted by Crippen LogP contribution is 2.10. The van der Waals surface area contributed by atoms with Crippen molar-refractivity contribution < 1.29 is 4.79 Å². The first kappa shape index (κ1) is 12.6. The summed E-state index contributed by atoms with van der Waals surface area (Å²) in [6.45, 7) is 0. The summed E-state index contributed by atoms with van der Waals surface area (Å²) >= 11 is 1.25. The molecule has 16 heavy (non-hydrogen) atoms. The number of nitrogens with one attached hydrogen (secondary N) is 2. The second kappa shape index (κ2) is 6.94. The summed E-state index contributed by atoms with van der Waals surface area (Å²) in [4.78, 5) is 11.3. The van der Waals surface area contributed by atoms with E-state index >= 15 is 0 Å². The molecule has 0 amide bonds. The third-order valence-electron chi connectivity index (χ3n) is 1.80. The van der Waals surface area contributed by atoms with Gasteiger partial charge in [0, 0.05) is 25.0 Å². The lowest BCUT2D eigenvalue weighted by atomic mass is 10.2. The molecule has 0 atom stereocenters. The summed E-state index contributed by atoms with van der Waals surface area (Å²) in [5, 5.41) is 20.5. The summed E-state index contributed by atoms with van der Waals surface area (Å²) in [7, 11) is 0. The number of aromatic amines is 1. The second-order valence-electron chi connectivity index (χ2n) is 3.18. The standard InChI is InChI=1S/C8H14N6OS/c9-6(10)2-1-3-8(15)16-5-4-7-11-13-14-12-7/h1-5H2,(H3,9,10)(H,11,12,13,14). The van der Waals surface area contributed by atoms with Gasteiger partial charge in [0.2, 0.25) is 0 Å². The van der Waals surface area contributed by atoms with Gasteiger partial charge in [-0.25, -0.2) is 0 Å². The first-order valence-electron chi connectivity index (χ1n) is 4.89. The molecule has 0 saturated heterocycles. The van der Waals surface area contributed by atoms with Crippen LogP contribution >= 0.6 is 11.8 Å². The molecule has 0 aromatic carbocycles. The SMILES string of the molecule is N=C(N)CCCC(=O)SCCc1nn[nH]n1. The van der Waals surface area contributed by atoms with E-state index in [1.165, 1.54) is 11.8 Å². The van der Waals surface area contributed by atoms with E-state index in [4.69, 9.17) is 11.1 Å². The van der Waals surface area contributed by atoms with Gasteiger partial charge >= 0.3 is 0 Å². The molecular formula is C8H14N6OS. The van der Waals surface area contributed by atoms with Crippen molar-refractivity contribution in [1.82, 2.24) is 20.6 Å². The lowest BCUT2D eigenvalue weighted by Crippen LogP contribution is -2.09. The van der Waals surface area contributed by atoms with Crippen molar-refractivity contribution in [2.24, 2.45) is 5.73 Å². The molecule has 0 fully saturated rings. The van der Waals surface area contributed by atoms with Crippen molar-refractivity contribution >= 4 is 22.7 Å². The van der Waals surface area contributed by atoms with E-state index in [2.05, 4.69) is 20.6 Å². The fraction of sp³-hybridized carbons (Fsp3) is 0.625. The number of nitrogens with two attached hydrogens (primary N) is 1. The van der Waals surface area contributed by atoms with Crippen LogP contribution in [0.15, 0.2) is 0 Å². The number of tetrazole rings is 1. The number of nitrogens with zero attached hydrogens (tertiary/aromatic N) is 3. The third kappa shape index (κ3) is 5.44. The first-order valence-corrected chi connectivity index (χ1v) is 5.88. The Hall–Kier alpha value is -1.44. The van der Waals surface area contributed by atoms with Crippen LogP contribution in [-0.2, 0) is 11.2 Å².